The van der Waals surface area contributed by atoms with Crippen molar-refractivity contribution in [1.29, 1.82) is 0 Å². The first-order chi connectivity index (χ1) is 10.1. The number of halogens is 1. The van der Waals surface area contributed by atoms with Gasteiger partial charge in [-0.3, -0.25) is 9.59 Å². The monoisotopic (exact) mass is 353 g/mol. The molecule has 0 bridgehead atoms. The standard InChI is InChI=1S/C16H20BrNO3/c1-2-21-16(20)13-4-3-9-18(11-13)15(19)10-12-5-7-14(17)8-6-12/h5-8,13H,2-4,9-11H2,1H3. The number of nitrogens with zero attached hydrogens (tertiary/aromatic N) is 1. The molecule has 21 heavy (non-hydrogen) atoms. The van der Waals surface area contributed by atoms with E-state index >= 15 is 0 Å². The third kappa shape index (κ3) is 4.56. The highest BCUT2D eigenvalue weighted by molar-refractivity contribution is 9.10. The van der Waals surface area contributed by atoms with Gasteiger partial charge in [-0.15, -0.1) is 0 Å². The van der Waals surface area contributed by atoms with Gasteiger partial charge in [0, 0.05) is 17.6 Å². The third-order valence-corrected chi connectivity index (χ3v) is 4.19. The Balaban J connectivity index is 1.92. The number of piperidine rings is 1. The predicted octanol–water partition coefficient (Wildman–Crippen LogP) is 2.79. The highest BCUT2D eigenvalue weighted by Gasteiger charge is 2.29. The van der Waals surface area contributed by atoms with Gasteiger partial charge in [0.1, 0.15) is 0 Å². The molecular weight excluding hydrogens is 334 g/mol. The van der Waals surface area contributed by atoms with Gasteiger partial charge in [0.05, 0.1) is 18.9 Å². The molecule has 1 amide bonds. The van der Waals surface area contributed by atoms with Gasteiger partial charge in [0.2, 0.25) is 5.91 Å². The van der Waals surface area contributed by atoms with Crippen LogP contribution in [0, 0.1) is 5.92 Å². The first-order valence-electron chi connectivity index (χ1n) is 7.29. The number of carbonyl (C=O) groups excluding carboxylic acids is 2. The second kappa shape index (κ2) is 7.59. The van der Waals surface area contributed by atoms with E-state index in [-0.39, 0.29) is 17.8 Å². The number of hydrogen-bond acceptors (Lipinski definition) is 3. The molecule has 4 nitrogen and oxygen atoms in total. The van der Waals surface area contributed by atoms with Crippen molar-refractivity contribution < 1.29 is 14.3 Å². The Labute approximate surface area is 133 Å². The number of carbonyl (C=O) groups is 2. The molecule has 0 aliphatic carbocycles. The molecule has 1 aliphatic heterocycles. The van der Waals surface area contributed by atoms with E-state index in [2.05, 4.69) is 15.9 Å². The second-order valence-electron chi connectivity index (χ2n) is 5.23. The summed E-state index contributed by atoms with van der Waals surface area (Å²) < 4.78 is 6.06. The maximum absolute atomic E-state index is 12.3. The summed E-state index contributed by atoms with van der Waals surface area (Å²) in [5, 5.41) is 0. The van der Waals surface area contributed by atoms with Gasteiger partial charge >= 0.3 is 5.97 Å². The van der Waals surface area contributed by atoms with E-state index < -0.39 is 0 Å². The zero-order valence-corrected chi connectivity index (χ0v) is 13.8. The van der Waals surface area contributed by atoms with Crippen LogP contribution in [-0.4, -0.2) is 36.5 Å². The van der Waals surface area contributed by atoms with E-state index in [1.165, 1.54) is 0 Å². The van der Waals surface area contributed by atoms with Crippen molar-refractivity contribution >= 4 is 27.8 Å². The Bertz CT molecular complexity index is 501. The van der Waals surface area contributed by atoms with Gasteiger partial charge in [-0.05, 0) is 37.5 Å². The van der Waals surface area contributed by atoms with Gasteiger partial charge < -0.3 is 9.64 Å². The van der Waals surface area contributed by atoms with Crippen molar-refractivity contribution in [2.75, 3.05) is 19.7 Å². The third-order valence-electron chi connectivity index (χ3n) is 3.66. The Hall–Kier alpha value is -1.36. The first-order valence-corrected chi connectivity index (χ1v) is 8.08. The van der Waals surface area contributed by atoms with Crippen LogP contribution < -0.4 is 0 Å². The molecule has 1 aromatic carbocycles. The summed E-state index contributed by atoms with van der Waals surface area (Å²) in [7, 11) is 0. The normalized spacial score (nSPS) is 18.4. The largest absolute Gasteiger partial charge is 0.466 e. The van der Waals surface area contributed by atoms with E-state index in [0.717, 1.165) is 29.4 Å². The highest BCUT2D eigenvalue weighted by atomic mass is 79.9. The lowest BCUT2D eigenvalue weighted by Gasteiger charge is -2.31. The summed E-state index contributed by atoms with van der Waals surface area (Å²) in [5.41, 5.74) is 0.987. The highest BCUT2D eigenvalue weighted by Crippen LogP contribution is 2.19. The summed E-state index contributed by atoms with van der Waals surface area (Å²) in [6.07, 6.45) is 2.04. The molecule has 0 radical (unpaired) electrons. The maximum Gasteiger partial charge on any atom is 0.310 e. The minimum absolute atomic E-state index is 0.0753. The Morgan fingerprint density at radius 1 is 1.33 bits per heavy atom. The summed E-state index contributed by atoms with van der Waals surface area (Å²) in [5.74, 6) is -0.280. The zero-order chi connectivity index (χ0) is 15.2. The van der Waals surface area contributed by atoms with Crippen LogP contribution in [0.3, 0.4) is 0 Å². The van der Waals surface area contributed by atoms with Crippen LogP contribution in [0.15, 0.2) is 28.7 Å². The minimum atomic E-state index is -0.182. The Kier molecular flexibility index (Phi) is 5.79. The number of rotatable bonds is 4. The molecule has 1 aliphatic rings. The fourth-order valence-electron chi connectivity index (χ4n) is 2.54. The lowest BCUT2D eigenvalue weighted by Crippen LogP contribution is -2.43. The summed E-state index contributed by atoms with van der Waals surface area (Å²) in [4.78, 5) is 25.9. The number of benzene rings is 1. The van der Waals surface area contributed by atoms with Gasteiger partial charge in [-0.2, -0.15) is 0 Å². The van der Waals surface area contributed by atoms with E-state index in [0.29, 0.717) is 19.6 Å². The second-order valence-corrected chi connectivity index (χ2v) is 6.15. The predicted molar refractivity (Wildman–Crippen MR) is 83.8 cm³/mol. The molecule has 1 fully saturated rings. The average Bonchev–Trinajstić information content (AvgIpc) is 2.50. The maximum atomic E-state index is 12.3. The van der Waals surface area contributed by atoms with Crippen LogP contribution in [-0.2, 0) is 20.7 Å². The molecule has 5 heteroatoms. The molecule has 114 valence electrons. The first kappa shape index (κ1) is 16.0. The van der Waals surface area contributed by atoms with E-state index in [4.69, 9.17) is 4.74 Å². The average molecular weight is 354 g/mol. The Morgan fingerprint density at radius 2 is 2.05 bits per heavy atom. The van der Waals surface area contributed by atoms with Crippen molar-refractivity contribution in [2.24, 2.45) is 5.92 Å². The van der Waals surface area contributed by atoms with Gasteiger partial charge in [-0.25, -0.2) is 0 Å². The molecule has 0 N–H and O–H groups in total. The topological polar surface area (TPSA) is 46.6 Å². The van der Waals surface area contributed by atoms with Gasteiger partial charge in [0.15, 0.2) is 0 Å². The quantitative estimate of drug-likeness (QED) is 0.782. The van der Waals surface area contributed by atoms with E-state index in [9.17, 15) is 9.59 Å². The van der Waals surface area contributed by atoms with Crippen LogP contribution in [0.1, 0.15) is 25.3 Å². The molecule has 1 aromatic rings. The molecule has 0 saturated carbocycles. The Morgan fingerprint density at radius 3 is 2.71 bits per heavy atom. The van der Waals surface area contributed by atoms with E-state index in [1.54, 1.807) is 11.8 Å². The van der Waals surface area contributed by atoms with Crippen LogP contribution in [0.2, 0.25) is 0 Å². The summed E-state index contributed by atoms with van der Waals surface area (Å²) in [6.45, 7) is 3.40. The number of ether oxygens (including phenoxy) is 1. The van der Waals surface area contributed by atoms with Gasteiger partial charge in [0.25, 0.3) is 0 Å². The SMILES string of the molecule is CCOC(=O)C1CCCN(C(=O)Cc2ccc(Br)cc2)C1. The number of amides is 1. The molecule has 0 spiro atoms. The zero-order valence-electron chi connectivity index (χ0n) is 12.2. The number of likely N-dealkylation sites (tertiary alicyclic amines) is 1. The molecule has 1 atom stereocenters. The van der Waals surface area contributed by atoms with Crippen LogP contribution in [0.4, 0.5) is 0 Å². The number of esters is 1. The molecular formula is C16H20BrNO3. The molecule has 1 saturated heterocycles. The van der Waals surface area contributed by atoms with Crippen molar-refractivity contribution in [2.45, 2.75) is 26.2 Å². The lowest BCUT2D eigenvalue weighted by molar-refractivity contribution is -0.151. The van der Waals surface area contributed by atoms with E-state index in [1.807, 2.05) is 24.3 Å². The fraction of sp³-hybridized carbons (Fsp3) is 0.500. The van der Waals surface area contributed by atoms with Crippen molar-refractivity contribution in [1.82, 2.24) is 4.90 Å². The fourth-order valence-corrected chi connectivity index (χ4v) is 2.81. The molecule has 1 heterocycles. The number of hydrogen-bond donors (Lipinski definition) is 0. The van der Waals surface area contributed by atoms with Crippen molar-refractivity contribution in [3.8, 4) is 0 Å². The van der Waals surface area contributed by atoms with Gasteiger partial charge in [-0.1, -0.05) is 28.1 Å². The van der Waals surface area contributed by atoms with Crippen molar-refractivity contribution in [3.63, 3.8) is 0 Å². The van der Waals surface area contributed by atoms with Crippen LogP contribution >= 0.6 is 15.9 Å². The summed E-state index contributed by atoms with van der Waals surface area (Å²) in [6, 6.07) is 7.74. The smallest absolute Gasteiger partial charge is 0.310 e. The summed E-state index contributed by atoms with van der Waals surface area (Å²) >= 11 is 3.38. The van der Waals surface area contributed by atoms with Crippen LogP contribution in [0.5, 0.6) is 0 Å². The minimum Gasteiger partial charge on any atom is -0.466 e. The molecule has 1 unspecified atom stereocenters. The van der Waals surface area contributed by atoms with Crippen LogP contribution in [0.25, 0.3) is 0 Å². The lowest BCUT2D eigenvalue weighted by atomic mass is 9.97. The molecule has 0 aromatic heterocycles. The van der Waals surface area contributed by atoms with Crippen molar-refractivity contribution in [3.05, 3.63) is 34.3 Å². The molecule has 2 rings (SSSR count).